The van der Waals surface area contributed by atoms with Gasteiger partial charge < -0.3 is 9.64 Å². The first-order valence-electron chi connectivity index (χ1n) is 6.73. The molecule has 0 aromatic heterocycles. The normalized spacial score (nSPS) is 10.2. The summed E-state index contributed by atoms with van der Waals surface area (Å²) < 4.78 is 5.09. The molecule has 0 radical (unpaired) electrons. The molecule has 1 amide bonds. The molecular formula is C14H19BrN2O4. The van der Waals surface area contributed by atoms with Crippen molar-refractivity contribution >= 4 is 27.5 Å². The molecule has 0 bridgehead atoms. The third-order valence-corrected chi connectivity index (χ3v) is 3.40. The number of para-hydroxylation sites is 1. The molecule has 1 aromatic carbocycles. The lowest BCUT2D eigenvalue weighted by Gasteiger charge is -2.22. The van der Waals surface area contributed by atoms with Gasteiger partial charge in [0.15, 0.2) is 0 Å². The molecule has 6 nitrogen and oxygen atoms in total. The minimum absolute atomic E-state index is 0.0172. The minimum Gasteiger partial charge on any atom is -0.490 e. The highest BCUT2D eigenvalue weighted by atomic mass is 79.9. The van der Waals surface area contributed by atoms with Crippen LogP contribution in [0.5, 0.6) is 5.75 Å². The van der Waals surface area contributed by atoms with Crippen LogP contribution in [0.3, 0.4) is 0 Å². The van der Waals surface area contributed by atoms with Crippen LogP contribution >= 0.6 is 15.9 Å². The molecule has 0 saturated heterocycles. The van der Waals surface area contributed by atoms with E-state index in [-0.39, 0.29) is 22.9 Å². The number of unbranched alkanes of at least 4 members (excludes halogenated alkanes) is 1. The van der Waals surface area contributed by atoms with Crippen LogP contribution in [0.1, 0.15) is 30.1 Å². The van der Waals surface area contributed by atoms with E-state index < -0.39 is 4.92 Å². The van der Waals surface area contributed by atoms with Gasteiger partial charge in [-0.1, -0.05) is 35.3 Å². The van der Waals surface area contributed by atoms with Crippen LogP contribution in [0.4, 0.5) is 5.69 Å². The van der Waals surface area contributed by atoms with E-state index in [2.05, 4.69) is 15.9 Å². The predicted molar refractivity (Wildman–Crippen MR) is 84.3 cm³/mol. The van der Waals surface area contributed by atoms with Crippen LogP contribution in [0, 0.1) is 10.1 Å². The molecule has 7 heteroatoms. The summed E-state index contributed by atoms with van der Waals surface area (Å²) in [7, 11) is 1.33. The van der Waals surface area contributed by atoms with Gasteiger partial charge >= 0.3 is 5.69 Å². The Morgan fingerprint density at radius 3 is 2.67 bits per heavy atom. The number of carbonyl (C=O) groups excluding carboxylic acids is 1. The Bertz CT molecular complexity index is 508. The van der Waals surface area contributed by atoms with E-state index in [1.807, 2.05) is 6.92 Å². The lowest BCUT2D eigenvalue weighted by atomic mass is 10.1. The van der Waals surface area contributed by atoms with Crippen molar-refractivity contribution in [2.45, 2.75) is 19.8 Å². The van der Waals surface area contributed by atoms with Crippen LogP contribution < -0.4 is 4.74 Å². The van der Waals surface area contributed by atoms with Gasteiger partial charge in [-0.15, -0.1) is 0 Å². The zero-order valence-corrected chi connectivity index (χ0v) is 13.8. The Balaban J connectivity index is 3.14. The highest BCUT2D eigenvalue weighted by molar-refractivity contribution is 9.09. The fourth-order valence-corrected chi connectivity index (χ4v) is 2.42. The summed E-state index contributed by atoms with van der Waals surface area (Å²) in [6, 6.07) is 4.39. The number of carbonyl (C=O) groups is 1. The van der Waals surface area contributed by atoms with Gasteiger partial charge in [-0.3, -0.25) is 14.9 Å². The first-order valence-corrected chi connectivity index (χ1v) is 7.85. The SMILES string of the molecule is CCCCN(CCBr)C(=O)c1cccc([N+](=O)[O-])c1OC. The molecule has 0 saturated carbocycles. The third-order valence-electron chi connectivity index (χ3n) is 3.05. The lowest BCUT2D eigenvalue weighted by molar-refractivity contribution is -0.385. The second kappa shape index (κ2) is 8.61. The largest absolute Gasteiger partial charge is 0.490 e. The second-order valence-corrected chi connectivity index (χ2v) is 5.24. The zero-order chi connectivity index (χ0) is 15.8. The Kier molecular flexibility index (Phi) is 7.14. The topological polar surface area (TPSA) is 72.7 Å². The number of halogens is 1. The summed E-state index contributed by atoms with van der Waals surface area (Å²) in [6.45, 7) is 3.21. The van der Waals surface area contributed by atoms with Crippen LogP contribution in [0.25, 0.3) is 0 Å². The number of amides is 1. The van der Waals surface area contributed by atoms with E-state index in [4.69, 9.17) is 4.74 Å². The van der Waals surface area contributed by atoms with Crippen LogP contribution in [0.15, 0.2) is 18.2 Å². The summed E-state index contributed by atoms with van der Waals surface area (Å²) >= 11 is 3.32. The van der Waals surface area contributed by atoms with Gasteiger partial charge in [0.2, 0.25) is 5.75 Å². The summed E-state index contributed by atoms with van der Waals surface area (Å²) in [4.78, 5) is 24.7. The van der Waals surface area contributed by atoms with Crippen molar-refractivity contribution in [2.75, 3.05) is 25.5 Å². The summed E-state index contributed by atoms with van der Waals surface area (Å²) in [6.07, 6.45) is 1.86. The average Bonchev–Trinajstić information content (AvgIpc) is 2.49. The zero-order valence-electron chi connectivity index (χ0n) is 12.2. The predicted octanol–water partition coefficient (Wildman–Crippen LogP) is 3.24. The van der Waals surface area contributed by atoms with E-state index in [1.54, 1.807) is 11.0 Å². The summed E-state index contributed by atoms with van der Waals surface area (Å²) in [5, 5.41) is 11.7. The first-order chi connectivity index (χ1) is 10.1. The third kappa shape index (κ3) is 4.42. The monoisotopic (exact) mass is 358 g/mol. The van der Waals surface area contributed by atoms with Crippen molar-refractivity contribution in [1.29, 1.82) is 0 Å². The van der Waals surface area contributed by atoms with Crippen molar-refractivity contribution in [3.63, 3.8) is 0 Å². The number of nitrogens with zero attached hydrogens (tertiary/aromatic N) is 2. The number of methoxy groups -OCH3 is 1. The van der Waals surface area contributed by atoms with Gasteiger partial charge in [0, 0.05) is 24.5 Å². The molecule has 0 N–H and O–H groups in total. The Morgan fingerprint density at radius 1 is 1.43 bits per heavy atom. The smallest absolute Gasteiger partial charge is 0.311 e. The van der Waals surface area contributed by atoms with E-state index in [0.717, 1.165) is 12.8 Å². The highest BCUT2D eigenvalue weighted by Crippen LogP contribution is 2.31. The second-order valence-electron chi connectivity index (χ2n) is 4.45. The Hall–Kier alpha value is -1.63. The molecular weight excluding hydrogens is 340 g/mol. The number of hydrogen-bond donors (Lipinski definition) is 0. The van der Waals surface area contributed by atoms with E-state index in [0.29, 0.717) is 18.4 Å². The maximum Gasteiger partial charge on any atom is 0.311 e. The van der Waals surface area contributed by atoms with Crippen molar-refractivity contribution in [3.05, 3.63) is 33.9 Å². The standard InChI is InChI=1S/C14H19BrN2O4/c1-3-4-9-16(10-8-15)14(18)11-6-5-7-12(17(19)20)13(11)21-2/h5-7H,3-4,8-10H2,1-2H3. The lowest BCUT2D eigenvalue weighted by Crippen LogP contribution is -2.34. The molecule has 1 rings (SSSR count). The number of nitro groups is 1. The fraction of sp³-hybridized carbons (Fsp3) is 0.500. The fourth-order valence-electron chi connectivity index (χ4n) is 1.99. The molecule has 0 heterocycles. The average molecular weight is 359 g/mol. The molecule has 0 spiro atoms. The molecule has 0 aliphatic carbocycles. The number of nitro benzene ring substituents is 1. The van der Waals surface area contributed by atoms with Crippen molar-refractivity contribution in [1.82, 2.24) is 4.90 Å². The van der Waals surface area contributed by atoms with Gasteiger partial charge in [0.25, 0.3) is 5.91 Å². The van der Waals surface area contributed by atoms with Crippen molar-refractivity contribution in [2.24, 2.45) is 0 Å². The minimum atomic E-state index is -0.545. The molecule has 0 aliphatic heterocycles. The van der Waals surface area contributed by atoms with Crippen LogP contribution in [-0.4, -0.2) is 41.3 Å². The van der Waals surface area contributed by atoms with E-state index in [9.17, 15) is 14.9 Å². The maximum atomic E-state index is 12.6. The van der Waals surface area contributed by atoms with Gasteiger partial charge in [-0.2, -0.15) is 0 Å². The van der Waals surface area contributed by atoms with E-state index >= 15 is 0 Å². The van der Waals surface area contributed by atoms with Crippen LogP contribution in [0.2, 0.25) is 0 Å². The number of alkyl halides is 1. The van der Waals surface area contributed by atoms with E-state index in [1.165, 1.54) is 19.2 Å². The molecule has 0 fully saturated rings. The number of ether oxygens (including phenoxy) is 1. The Morgan fingerprint density at radius 2 is 2.14 bits per heavy atom. The maximum absolute atomic E-state index is 12.6. The van der Waals surface area contributed by atoms with Gasteiger partial charge in [0.05, 0.1) is 17.6 Å². The molecule has 21 heavy (non-hydrogen) atoms. The van der Waals surface area contributed by atoms with Crippen molar-refractivity contribution in [3.8, 4) is 5.75 Å². The van der Waals surface area contributed by atoms with Gasteiger partial charge in [-0.05, 0) is 12.5 Å². The molecule has 0 unspecified atom stereocenters. The molecule has 116 valence electrons. The molecule has 1 aromatic rings. The first kappa shape index (κ1) is 17.4. The number of hydrogen-bond acceptors (Lipinski definition) is 4. The van der Waals surface area contributed by atoms with Gasteiger partial charge in [0.1, 0.15) is 0 Å². The van der Waals surface area contributed by atoms with Crippen molar-refractivity contribution < 1.29 is 14.5 Å². The van der Waals surface area contributed by atoms with Crippen LogP contribution in [-0.2, 0) is 0 Å². The molecule has 0 aliphatic rings. The number of benzene rings is 1. The highest BCUT2D eigenvalue weighted by Gasteiger charge is 2.25. The Labute approximate surface area is 132 Å². The quantitative estimate of drug-likeness (QED) is 0.406. The number of rotatable bonds is 8. The summed E-state index contributed by atoms with van der Waals surface area (Å²) in [5.41, 5.74) is 0.0291. The molecule has 0 atom stereocenters. The summed E-state index contributed by atoms with van der Waals surface area (Å²) in [5.74, 6) is -0.230. The van der Waals surface area contributed by atoms with Gasteiger partial charge in [-0.25, -0.2) is 0 Å².